The molecule has 0 bridgehead atoms. The van der Waals surface area contributed by atoms with Crippen molar-refractivity contribution >= 4 is 21.9 Å². The van der Waals surface area contributed by atoms with Crippen LogP contribution in [0, 0.1) is 0 Å². The molecular weight excluding hydrogens is 224 g/mol. The van der Waals surface area contributed by atoms with Crippen LogP contribution in [0.5, 0.6) is 0 Å². The van der Waals surface area contributed by atoms with Crippen LogP contribution in [0.25, 0.3) is 0 Å². The fourth-order valence-electron chi connectivity index (χ4n) is 0.698. The predicted octanol–water partition coefficient (Wildman–Crippen LogP) is 2.13. The molecule has 0 atom stereocenters. The Morgan fingerprint density at radius 3 is 2.58 bits per heavy atom. The first-order chi connectivity index (χ1) is 5.84. The van der Waals surface area contributed by atoms with Gasteiger partial charge >= 0.3 is 5.97 Å². The molecule has 0 unspecified atom stereocenters. The maximum atomic E-state index is 11.0. The Kier molecular flexibility index (Phi) is 3.76. The van der Waals surface area contributed by atoms with Gasteiger partial charge in [-0.1, -0.05) is 34.1 Å². The first-order valence-corrected chi connectivity index (χ1v) is 4.41. The Bertz CT molecular complexity index is 248. The Labute approximate surface area is 78.3 Å². The molecule has 0 N–H and O–H groups in total. The Morgan fingerprint density at radius 2 is 2.00 bits per heavy atom. The van der Waals surface area contributed by atoms with Gasteiger partial charge in [0, 0.05) is 0 Å². The second-order valence-corrected chi connectivity index (χ2v) is 2.42. The average Bonchev–Trinajstić information content (AvgIpc) is 2.15. The second-order valence-electron chi connectivity index (χ2n) is 1.96. The summed E-state index contributed by atoms with van der Waals surface area (Å²) in [7, 11) is 0. The summed E-state index contributed by atoms with van der Waals surface area (Å²) < 4.78 is 0. The number of benzene rings is 1. The van der Waals surface area contributed by atoms with Crippen molar-refractivity contribution in [3.63, 3.8) is 0 Å². The molecule has 0 aliphatic heterocycles. The number of halogens is 1. The molecule has 0 heterocycles. The zero-order valence-electron chi connectivity index (χ0n) is 6.20. The largest absolute Gasteiger partial charge is 0.373 e. The van der Waals surface area contributed by atoms with Crippen molar-refractivity contribution in [2.24, 2.45) is 0 Å². The standard InChI is InChI=1S/C8H7BrO3/c9-6-11-12-8(10)7-4-2-1-3-5-7/h1-5H,6H2. The van der Waals surface area contributed by atoms with Crippen LogP contribution in [-0.4, -0.2) is 11.5 Å². The van der Waals surface area contributed by atoms with Crippen molar-refractivity contribution in [1.82, 2.24) is 0 Å². The molecule has 0 spiro atoms. The number of rotatable bonds is 3. The minimum atomic E-state index is -0.491. The van der Waals surface area contributed by atoms with Crippen molar-refractivity contribution in [2.75, 3.05) is 5.52 Å². The van der Waals surface area contributed by atoms with Gasteiger partial charge in [0.2, 0.25) is 0 Å². The topological polar surface area (TPSA) is 35.5 Å². The third-order valence-electron chi connectivity index (χ3n) is 1.19. The summed E-state index contributed by atoms with van der Waals surface area (Å²) in [6.07, 6.45) is 0. The van der Waals surface area contributed by atoms with Crippen LogP contribution < -0.4 is 0 Å². The molecule has 0 aliphatic carbocycles. The van der Waals surface area contributed by atoms with Crippen molar-refractivity contribution in [3.05, 3.63) is 35.9 Å². The number of carbonyl (C=O) groups is 1. The summed E-state index contributed by atoms with van der Waals surface area (Å²) in [5, 5.41) is 0. The highest BCUT2D eigenvalue weighted by Crippen LogP contribution is 2.01. The van der Waals surface area contributed by atoms with Gasteiger partial charge in [-0.2, -0.15) is 4.89 Å². The van der Waals surface area contributed by atoms with Gasteiger partial charge < -0.3 is 0 Å². The monoisotopic (exact) mass is 230 g/mol. The lowest BCUT2D eigenvalue weighted by Gasteiger charge is -1.99. The van der Waals surface area contributed by atoms with Crippen LogP contribution >= 0.6 is 15.9 Å². The van der Waals surface area contributed by atoms with Crippen LogP contribution in [0.3, 0.4) is 0 Å². The van der Waals surface area contributed by atoms with Crippen LogP contribution in [0.2, 0.25) is 0 Å². The van der Waals surface area contributed by atoms with Crippen molar-refractivity contribution in [3.8, 4) is 0 Å². The smallest absolute Gasteiger partial charge is 0.292 e. The average molecular weight is 231 g/mol. The molecule has 0 saturated carbocycles. The number of hydrogen-bond acceptors (Lipinski definition) is 3. The maximum absolute atomic E-state index is 11.0. The Morgan fingerprint density at radius 1 is 1.33 bits per heavy atom. The molecule has 0 fully saturated rings. The summed E-state index contributed by atoms with van der Waals surface area (Å²) in [5.41, 5.74) is 0.643. The summed E-state index contributed by atoms with van der Waals surface area (Å²) in [4.78, 5) is 19.8. The second kappa shape index (κ2) is 4.90. The SMILES string of the molecule is O=C(OOCBr)c1ccccc1. The summed E-state index contributed by atoms with van der Waals surface area (Å²) in [5.74, 6) is -0.491. The van der Waals surface area contributed by atoms with Gasteiger partial charge in [-0.15, -0.1) is 0 Å². The van der Waals surface area contributed by atoms with E-state index >= 15 is 0 Å². The van der Waals surface area contributed by atoms with Crippen LogP contribution in [-0.2, 0) is 9.78 Å². The van der Waals surface area contributed by atoms with E-state index in [0.717, 1.165) is 0 Å². The molecule has 3 nitrogen and oxygen atoms in total. The lowest BCUT2D eigenvalue weighted by atomic mass is 10.2. The summed E-state index contributed by atoms with van der Waals surface area (Å²) in [6.45, 7) is 0. The van der Waals surface area contributed by atoms with Gasteiger partial charge in [-0.3, -0.25) is 4.89 Å². The van der Waals surface area contributed by atoms with Gasteiger partial charge in [-0.25, -0.2) is 4.79 Å². The molecule has 0 radical (unpaired) electrons. The third-order valence-corrected chi connectivity index (χ3v) is 1.38. The van der Waals surface area contributed by atoms with Gasteiger partial charge in [0.25, 0.3) is 0 Å². The molecule has 4 heteroatoms. The van der Waals surface area contributed by atoms with Crippen molar-refractivity contribution < 1.29 is 14.6 Å². The molecule has 0 saturated heterocycles. The van der Waals surface area contributed by atoms with E-state index in [9.17, 15) is 4.79 Å². The van der Waals surface area contributed by atoms with E-state index in [-0.39, 0.29) is 5.52 Å². The van der Waals surface area contributed by atoms with E-state index in [1.54, 1.807) is 24.3 Å². The molecule has 64 valence electrons. The lowest BCUT2D eigenvalue weighted by Crippen LogP contribution is -2.04. The number of alkyl halides is 1. The highest BCUT2D eigenvalue weighted by Gasteiger charge is 2.05. The molecule has 1 aromatic carbocycles. The van der Waals surface area contributed by atoms with E-state index in [0.29, 0.717) is 5.56 Å². The van der Waals surface area contributed by atoms with Crippen molar-refractivity contribution in [2.45, 2.75) is 0 Å². The lowest BCUT2D eigenvalue weighted by molar-refractivity contribution is -0.221. The minimum absolute atomic E-state index is 0.172. The highest BCUT2D eigenvalue weighted by atomic mass is 79.9. The molecule has 0 aliphatic rings. The third kappa shape index (κ3) is 2.64. The van der Waals surface area contributed by atoms with Gasteiger partial charge in [-0.05, 0) is 12.1 Å². The fraction of sp³-hybridized carbons (Fsp3) is 0.125. The Hall–Kier alpha value is -0.870. The van der Waals surface area contributed by atoms with E-state index < -0.39 is 5.97 Å². The quantitative estimate of drug-likeness (QED) is 0.454. The zero-order valence-corrected chi connectivity index (χ0v) is 7.78. The summed E-state index contributed by atoms with van der Waals surface area (Å²) in [6, 6.07) is 8.64. The van der Waals surface area contributed by atoms with E-state index in [1.807, 2.05) is 6.07 Å². The van der Waals surface area contributed by atoms with E-state index in [1.165, 1.54) is 0 Å². The number of hydrogen-bond donors (Lipinski definition) is 0. The first kappa shape index (κ1) is 9.22. The first-order valence-electron chi connectivity index (χ1n) is 3.29. The van der Waals surface area contributed by atoms with E-state index in [4.69, 9.17) is 0 Å². The van der Waals surface area contributed by atoms with Crippen LogP contribution in [0.1, 0.15) is 10.4 Å². The highest BCUT2D eigenvalue weighted by molar-refractivity contribution is 9.09. The molecule has 1 rings (SSSR count). The molecule has 12 heavy (non-hydrogen) atoms. The fourth-order valence-corrected chi connectivity index (χ4v) is 0.792. The van der Waals surface area contributed by atoms with Gasteiger partial charge in [0.1, 0.15) is 5.52 Å². The zero-order chi connectivity index (χ0) is 8.81. The minimum Gasteiger partial charge on any atom is -0.292 e. The van der Waals surface area contributed by atoms with Gasteiger partial charge in [0.15, 0.2) is 0 Å². The predicted molar refractivity (Wildman–Crippen MR) is 46.7 cm³/mol. The summed E-state index contributed by atoms with van der Waals surface area (Å²) >= 11 is 2.95. The normalized spacial score (nSPS) is 9.42. The number of carbonyl (C=O) groups excluding carboxylic acids is 1. The van der Waals surface area contributed by atoms with Crippen LogP contribution in [0.15, 0.2) is 30.3 Å². The van der Waals surface area contributed by atoms with Crippen LogP contribution in [0.4, 0.5) is 0 Å². The Balaban J connectivity index is 2.54. The van der Waals surface area contributed by atoms with Crippen molar-refractivity contribution in [1.29, 1.82) is 0 Å². The van der Waals surface area contributed by atoms with Gasteiger partial charge in [0.05, 0.1) is 5.56 Å². The molecule has 0 amide bonds. The van der Waals surface area contributed by atoms with E-state index in [2.05, 4.69) is 25.7 Å². The molecule has 1 aromatic rings. The molecular formula is C8H7BrO3. The molecule has 0 aromatic heterocycles. The maximum Gasteiger partial charge on any atom is 0.373 e.